The van der Waals surface area contributed by atoms with Gasteiger partial charge in [0.1, 0.15) is 5.02 Å². The van der Waals surface area contributed by atoms with Crippen LogP contribution in [-0.2, 0) is 0 Å². The topological polar surface area (TPSA) is 39.2 Å². The first-order valence-electron chi connectivity index (χ1n) is 5.02. The molecule has 0 aliphatic heterocycles. The highest BCUT2D eigenvalue weighted by Crippen LogP contribution is 2.26. The minimum Gasteiger partial charge on any atom is -0.480 e. The van der Waals surface area contributed by atoms with Crippen molar-refractivity contribution >= 4 is 17.4 Å². The summed E-state index contributed by atoms with van der Waals surface area (Å²) in [6.45, 7) is 0. The van der Waals surface area contributed by atoms with Crippen LogP contribution in [0, 0.1) is 0 Å². The molecule has 0 amide bonds. The van der Waals surface area contributed by atoms with Crippen LogP contribution in [0.15, 0.2) is 42.6 Å². The molecule has 0 fully saturated rings. The van der Waals surface area contributed by atoms with Gasteiger partial charge in [0.15, 0.2) is 5.78 Å². The summed E-state index contributed by atoms with van der Waals surface area (Å²) in [7, 11) is 1.46. The van der Waals surface area contributed by atoms with Crippen molar-refractivity contribution in [1.29, 1.82) is 0 Å². The molecule has 0 saturated carbocycles. The van der Waals surface area contributed by atoms with Crippen LogP contribution in [0.2, 0.25) is 5.02 Å². The molecule has 4 heteroatoms. The molecule has 0 bridgehead atoms. The Hall–Kier alpha value is -1.87. The van der Waals surface area contributed by atoms with Crippen LogP contribution in [0.4, 0.5) is 0 Å². The number of carbonyl (C=O) groups is 1. The van der Waals surface area contributed by atoms with Gasteiger partial charge < -0.3 is 4.74 Å². The van der Waals surface area contributed by atoms with Gasteiger partial charge in [-0.3, -0.25) is 4.79 Å². The summed E-state index contributed by atoms with van der Waals surface area (Å²) >= 11 is 6.05. The van der Waals surface area contributed by atoms with Crippen LogP contribution in [0.25, 0.3) is 0 Å². The van der Waals surface area contributed by atoms with Gasteiger partial charge >= 0.3 is 0 Å². The number of halogens is 1. The molecular formula is C13H10ClNO2. The van der Waals surface area contributed by atoms with Gasteiger partial charge in [0.2, 0.25) is 5.88 Å². The molecule has 0 spiro atoms. The Morgan fingerprint density at radius 3 is 2.59 bits per heavy atom. The van der Waals surface area contributed by atoms with Gasteiger partial charge in [0.05, 0.1) is 7.11 Å². The maximum absolute atomic E-state index is 12.2. The van der Waals surface area contributed by atoms with Crippen molar-refractivity contribution in [2.45, 2.75) is 0 Å². The van der Waals surface area contributed by atoms with Gasteiger partial charge in [-0.15, -0.1) is 0 Å². The van der Waals surface area contributed by atoms with E-state index in [-0.39, 0.29) is 16.7 Å². The molecule has 0 unspecified atom stereocenters. The van der Waals surface area contributed by atoms with E-state index in [1.807, 2.05) is 6.07 Å². The summed E-state index contributed by atoms with van der Waals surface area (Å²) in [5.74, 6) is 0.116. The second kappa shape index (κ2) is 4.97. The summed E-state index contributed by atoms with van der Waals surface area (Å²) in [4.78, 5) is 16.1. The maximum atomic E-state index is 12.2. The van der Waals surface area contributed by atoms with E-state index in [1.54, 1.807) is 30.3 Å². The standard InChI is InChI=1S/C13H10ClNO2/c1-17-13-11(14)10(7-8-15-13)12(16)9-5-3-2-4-6-9/h2-8H,1H3. The molecule has 86 valence electrons. The third-order valence-electron chi connectivity index (χ3n) is 2.33. The molecule has 17 heavy (non-hydrogen) atoms. The number of hydrogen-bond donors (Lipinski definition) is 0. The first-order chi connectivity index (χ1) is 8.24. The van der Waals surface area contributed by atoms with Crippen LogP contribution in [0.5, 0.6) is 5.88 Å². The van der Waals surface area contributed by atoms with Gasteiger partial charge in [-0.25, -0.2) is 4.98 Å². The summed E-state index contributed by atoms with van der Waals surface area (Å²) in [5.41, 5.74) is 0.979. The highest BCUT2D eigenvalue weighted by atomic mass is 35.5. The molecule has 1 aromatic carbocycles. The molecule has 0 atom stereocenters. The van der Waals surface area contributed by atoms with Gasteiger partial charge in [0.25, 0.3) is 0 Å². The summed E-state index contributed by atoms with van der Waals surface area (Å²) < 4.78 is 4.98. The van der Waals surface area contributed by atoms with Crippen LogP contribution in [0.3, 0.4) is 0 Å². The van der Waals surface area contributed by atoms with E-state index in [0.717, 1.165) is 0 Å². The molecule has 0 N–H and O–H groups in total. The van der Waals surface area contributed by atoms with Crippen molar-refractivity contribution < 1.29 is 9.53 Å². The molecule has 3 nitrogen and oxygen atoms in total. The molecule has 0 radical (unpaired) electrons. The molecule has 1 aromatic heterocycles. The van der Waals surface area contributed by atoms with E-state index >= 15 is 0 Å². The van der Waals surface area contributed by atoms with E-state index in [4.69, 9.17) is 16.3 Å². The Kier molecular flexibility index (Phi) is 3.40. The predicted molar refractivity (Wildman–Crippen MR) is 65.7 cm³/mol. The second-order valence-electron chi connectivity index (χ2n) is 3.38. The number of methoxy groups -OCH3 is 1. The van der Waals surface area contributed by atoms with Gasteiger partial charge in [-0.1, -0.05) is 41.9 Å². The normalized spacial score (nSPS) is 10.0. The van der Waals surface area contributed by atoms with Gasteiger partial charge in [-0.2, -0.15) is 0 Å². The number of benzene rings is 1. The van der Waals surface area contributed by atoms with Gasteiger partial charge in [0, 0.05) is 17.3 Å². The van der Waals surface area contributed by atoms with Crippen LogP contribution >= 0.6 is 11.6 Å². The average molecular weight is 248 g/mol. The fourth-order valence-corrected chi connectivity index (χ4v) is 1.76. The lowest BCUT2D eigenvalue weighted by atomic mass is 10.0. The van der Waals surface area contributed by atoms with E-state index in [2.05, 4.69) is 4.98 Å². The predicted octanol–water partition coefficient (Wildman–Crippen LogP) is 2.97. The highest BCUT2D eigenvalue weighted by Gasteiger charge is 2.16. The first kappa shape index (κ1) is 11.6. The molecular weight excluding hydrogens is 238 g/mol. The maximum Gasteiger partial charge on any atom is 0.233 e. The van der Waals surface area contributed by atoms with E-state index < -0.39 is 0 Å². The van der Waals surface area contributed by atoms with Gasteiger partial charge in [-0.05, 0) is 6.07 Å². The average Bonchev–Trinajstić information content (AvgIpc) is 2.39. The Labute approximate surface area is 104 Å². The second-order valence-corrected chi connectivity index (χ2v) is 3.75. The molecule has 0 aliphatic carbocycles. The Morgan fingerprint density at radius 1 is 1.24 bits per heavy atom. The highest BCUT2D eigenvalue weighted by molar-refractivity contribution is 6.36. The quantitative estimate of drug-likeness (QED) is 0.783. The zero-order valence-corrected chi connectivity index (χ0v) is 9.94. The number of ketones is 1. The fraction of sp³-hybridized carbons (Fsp3) is 0.0769. The Morgan fingerprint density at radius 2 is 1.94 bits per heavy atom. The summed E-state index contributed by atoms with van der Waals surface area (Å²) in [6, 6.07) is 10.5. The monoisotopic (exact) mass is 247 g/mol. The fourth-order valence-electron chi connectivity index (χ4n) is 1.49. The minimum atomic E-state index is -0.142. The zero-order valence-electron chi connectivity index (χ0n) is 9.18. The summed E-state index contributed by atoms with van der Waals surface area (Å²) in [6.07, 6.45) is 1.50. The molecule has 2 aromatic rings. The number of nitrogens with zero attached hydrogens (tertiary/aromatic N) is 1. The number of aromatic nitrogens is 1. The van der Waals surface area contributed by atoms with Crippen molar-refractivity contribution in [3.05, 3.63) is 58.7 Å². The third kappa shape index (κ3) is 2.29. The Bertz CT molecular complexity index is 540. The van der Waals surface area contributed by atoms with Crippen molar-refractivity contribution in [2.24, 2.45) is 0 Å². The van der Waals surface area contributed by atoms with Crippen LogP contribution in [-0.4, -0.2) is 17.9 Å². The van der Waals surface area contributed by atoms with Crippen molar-refractivity contribution in [3.63, 3.8) is 0 Å². The zero-order chi connectivity index (χ0) is 12.3. The third-order valence-corrected chi connectivity index (χ3v) is 2.70. The van der Waals surface area contributed by atoms with Crippen LogP contribution in [0.1, 0.15) is 15.9 Å². The first-order valence-corrected chi connectivity index (χ1v) is 5.40. The van der Waals surface area contributed by atoms with E-state index in [1.165, 1.54) is 13.3 Å². The number of pyridine rings is 1. The smallest absolute Gasteiger partial charge is 0.233 e. The minimum absolute atomic E-state index is 0.142. The molecule has 0 aliphatic rings. The van der Waals surface area contributed by atoms with Crippen LogP contribution < -0.4 is 4.74 Å². The largest absolute Gasteiger partial charge is 0.480 e. The SMILES string of the molecule is COc1nccc(C(=O)c2ccccc2)c1Cl. The number of rotatable bonds is 3. The Balaban J connectivity index is 2.45. The molecule has 2 rings (SSSR count). The number of hydrogen-bond acceptors (Lipinski definition) is 3. The lowest BCUT2D eigenvalue weighted by Crippen LogP contribution is -2.03. The lowest BCUT2D eigenvalue weighted by molar-refractivity contribution is 0.103. The molecule has 1 heterocycles. The van der Waals surface area contributed by atoms with E-state index in [0.29, 0.717) is 11.1 Å². The summed E-state index contributed by atoms with van der Waals surface area (Å²) in [5, 5.41) is 0.240. The van der Waals surface area contributed by atoms with Crippen molar-refractivity contribution in [3.8, 4) is 5.88 Å². The number of ether oxygens (including phenoxy) is 1. The lowest BCUT2D eigenvalue weighted by Gasteiger charge is -2.06. The number of carbonyl (C=O) groups excluding carboxylic acids is 1. The van der Waals surface area contributed by atoms with Crippen molar-refractivity contribution in [2.75, 3.05) is 7.11 Å². The molecule has 0 saturated heterocycles. The van der Waals surface area contributed by atoms with Crippen molar-refractivity contribution in [1.82, 2.24) is 4.98 Å². The van der Waals surface area contributed by atoms with E-state index in [9.17, 15) is 4.79 Å².